The average Bonchev–Trinajstić information content (AvgIpc) is 2.60. The molecule has 1 aliphatic heterocycles. The summed E-state index contributed by atoms with van der Waals surface area (Å²) in [7, 11) is 1.99. The summed E-state index contributed by atoms with van der Waals surface area (Å²) in [5.41, 5.74) is 2.80. The number of aliphatic imine (C=N–C) groups is 1. The monoisotopic (exact) mass is 269 g/mol. The van der Waals surface area contributed by atoms with Gasteiger partial charge in [-0.1, -0.05) is 18.7 Å². The number of hydrogen-bond acceptors (Lipinski definition) is 3. The van der Waals surface area contributed by atoms with Gasteiger partial charge in [0.05, 0.1) is 12.1 Å². The molecule has 0 fully saturated rings. The minimum atomic E-state index is 0.610. The molecule has 1 heterocycles. The van der Waals surface area contributed by atoms with E-state index in [0.717, 1.165) is 34.8 Å². The van der Waals surface area contributed by atoms with Gasteiger partial charge in [0, 0.05) is 19.5 Å². The second kappa shape index (κ2) is 6.19. The second-order valence-electron chi connectivity index (χ2n) is 4.50. The van der Waals surface area contributed by atoms with Crippen LogP contribution in [0, 0.1) is 5.41 Å². The lowest BCUT2D eigenvalue weighted by molar-refractivity contribution is 0.294. The molecule has 2 rings (SSSR count). The van der Waals surface area contributed by atoms with Crippen molar-refractivity contribution < 1.29 is 4.74 Å². The maximum absolute atomic E-state index is 7.44. The van der Waals surface area contributed by atoms with Crippen molar-refractivity contribution in [3.8, 4) is 5.75 Å². The van der Waals surface area contributed by atoms with Crippen molar-refractivity contribution >= 4 is 17.6 Å². The van der Waals surface area contributed by atoms with Crippen LogP contribution in [0.2, 0.25) is 0 Å². The molecule has 20 heavy (non-hydrogen) atoms. The first-order valence-electron chi connectivity index (χ1n) is 6.55. The van der Waals surface area contributed by atoms with Crippen molar-refractivity contribution in [2.75, 3.05) is 20.2 Å². The summed E-state index contributed by atoms with van der Waals surface area (Å²) in [5.74, 6) is 1.66. The Morgan fingerprint density at radius 3 is 2.95 bits per heavy atom. The van der Waals surface area contributed by atoms with Gasteiger partial charge in [0.15, 0.2) is 0 Å². The Balaban J connectivity index is 2.54. The van der Waals surface area contributed by atoms with Gasteiger partial charge in [-0.15, -0.1) is 0 Å². The van der Waals surface area contributed by atoms with Crippen molar-refractivity contribution in [1.82, 2.24) is 4.90 Å². The lowest BCUT2D eigenvalue weighted by Gasteiger charge is -2.17. The van der Waals surface area contributed by atoms with Gasteiger partial charge < -0.3 is 15.0 Å². The number of benzene rings is 1. The van der Waals surface area contributed by atoms with Gasteiger partial charge in [-0.3, -0.25) is 0 Å². The molecule has 1 N–H and O–H groups in total. The van der Waals surface area contributed by atoms with Gasteiger partial charge in [-0.25, -0.2) is 4.99 Å². The fourth-order valence-corrected chi connectivity index (χ4v) is 2.20. The third kappa shape index (κ3) is 2.64. The average molecular weight is 269 g/mol. The molecule has 0 radical (unpaired) electrons. The van der Waals surface area contributed by atoms with Crippen LogP contribution < -0.4 is 4.74 Å². The highest BCUT2D eigenvalue weighted by Crippen LogP contribution is 2.27. The fourth-order valence-electron chi connectivity index (χ4n) is 2.20. The number of fused-ring (bicyclic) bond motifs is 1. The van der Waals surface area contributed by atoms with E-state index in [-0.39, 0.29) is 0 Å². The van der Waals surface area contributed by atoms with Crippen molar-refractivity contribution in [2.24, 2.45) is 4.99 Å². The molecule has 104 valence electrons. The molecule has 1 aromatic rings. The summed E-state index contributed by atoms with van der Waals surface area (Å²) in [6, 6.07) is 5.94. The van der Waals surface area contributed by atoms with Gasteiger partial charge >= 0.3 is 0 Å². The molecule has 1 aliphatic rings. The number of ether oxygens (including phenoxy) is 1. The number of amidine groups is 1. The molecule has 1 aromatic carbocycles. The number of nitrogens with one attached hydrogen (secondary N) is 1. The second-order valence-corrected chi connectivity index (χ2v) is 4.50. The maximum atomic E-state index is 7.44. The van der Waals surface area contributed by atoms with E-state index >= 15 is 0 Å². The third-order valence-corrected chi connectivity index (χ3v) is 3.28. The van der Waals surface area contributed by atoms with Gasteiger partial charge in [-0.2, -0.15) is 0 Å². The van der Waals surface area contributed by atoms with E-state index in [0.29, 0.717) is 6.61 Å². The number of rotatable bonds is 3. The highest BCUT2D eigenvalue weighted by atomic mass is 16.5. The van der Waals surface area contributed by atoms with E-state index in [4.69, 9.17) is 10.1 Å². The summed E-state index contributed by atoms with van der Waals surface area (Å²) < 4.78 is 5.82. The smallest absolute Gasteiger partial charge is 0.139 e. The molecule has 0 amide bonds. The van der Waals surface area contributed by atoms with Crippen LogP contribution in [0.5, 0.6) is 5.75 Å². The SMILES string of the molecule is C=CN=C1c2ccc(/C(C=N)=C/C)cc2OCCN1C. The van der Waals surface area contributed by atoms with Crippen molar-refractivity contribution in [1.29, 1.82) is 5.41 Å². The molecule has 0 saturated carbocycles. The zero-order valence-electron chi connectivity index (χ0n) is 11.9. The van der Waals surface area contributed by atoms with E-state index in [1.165, 1.54) is 6.21 Å². The molecule has 4 heteroatoms. The van der Waals surface area contributed by atoms with E-state index < -0.39 is 0 Å². The molecule has 0 bridgehead atoms. The molecule has 0 aromatic heterocycles. The highest BCUT2D eigenvalue weighted by molar-refractivity contribution is 6.09. The quantitative estimate of drug-likeness (QED) is 0.858. The third-order valence-electron chi connectivity index (χ3n) is 3.28. The Hall–Kier alpha value is -2.36. The van der Waals surface area contributed by atoms with Crippen LogP contribution >= 0.6 is 0 Å². The van der Waals surface area contributed by atoms with Crippen LogP contribution in [0.15, 0.2) is 42.0 Å². The van der Waals surface area contributed by atoms with E-state index in [9.17, 15) is 0 Å². The Morgan fingerprint density at radius 2 is 2.30 bits per heavy atom. The minimum Gasteiger partial charge on any atom is -0.491 e. The summed E-state index contributed by atoms with van der Waals surface area (Å²) in [6.07, 6.45) is 4.81. The minimum absolute atomic E-state index is 0.610. The number of hydrogen-bond donors (Lipinski definition) is 1. The van der Waals surface area contributed by atoms with Crippen LogP contribution in [0.25, 0.3) is 5.57 Å². The largest absolute Gasteiger partial charge is 0.491 e. The van der Waals surface area contributed by atoms with Crippen LogP contribution in [-0.4, -0.2) is 37.1 Å². The first-order valence-corrected chi connectivity index (χ1v) is 6.55. The molecule has 0 unspecified atom stereocenters. The highest BCUT2D eigenvalue weighted by Gasteiger charge is 2.19. The van der Waals surface area contributed by atoms with E-state index in [1.54, 1.807) is 6.20 Å². The topological polar surface area (TPSA) is 48.7 Å². The Labute approximate surface area is 119 Å². The van der Waals surface area contributed by atoms with Gasteiger partial charge in [-0.05, 0) is 30.2 Å². The molecule has 0 spiro atoms. The summed E-state index contributed by atoms with van der Waals surface area (Å²) in [6.45, 7) is 6.98. The summed E-state index contributed by atoms with van der Waals surface area (Å²) in [4.78, 5) is 6.40. The van der Waals surface area contributed by atoms with Crippen molar-refractivity contribution in [3.63, 3.8) is 0 Å². The molecule has 4 nitrogen and oxygen atoms in total. The fraction of sp³-hybridized carbons (Fsp3) is 0.250. The Morgan fingerprint density at radius 1 is 1.50 bits per heavy atom. The molecule has 0 aliphatic carbocycles. The lowest BCUT2D eigenvalue weighted by Crippen LogP contribution is -2.28. The first-order chi connectivity index (χ1) is 9.71. The number of likely N-dealkylation sites (N-methyl/N-ethyl adjacent to an activating group) is 1. The van der Waals surface area contributed by atoms with Crippen LogP contribution in [0.4, 0.5) is 0 Å². The number of nitrogens with zero attached hydrogens (tertiary/aromatic N) is 2. The normalized spacial score (nSPS) is 17.2. The first kappa shape index (κ1) is 14.1. The molecule has 0 saturated heterocycles. The lowest BCUT2D eigenvalue weighted by atomic mass is 10.0. The van der Waals surface area contributed by atoms with Crippen LogP contribution in [-0.2, 0) is 0 Å². The summed E-state index contributed by atoms with van der Waals surface area (Å²) in [5, 5.41) is 7.44. The zero-order chi connectivity index (χ0) is 14.5. The van der Waals surface area contributed by atoms with Gasteiger partial charge in [0.25, 0.3) is 0 Å². The predicted molar refractivity (Wildman–Crippen MR) is 83.7 cm³/mol. The zero-order valence-corrected chi connectivity index (χ0v) is 11.9. The molecule has 0 atom stereocenters. The molecular weight excluding hydrogens is 250 g/mol. The summed E-state index contributed by atoms with van der Waals surface area (Å²) >= 11 is 0. The van der Waals surface area contributed by atoms with Crippen LogP contribution in [0.1, 0.15) is 18.1 Å². The van der Waals surface area contributed by atoms with Gasteiger partial charge in [0.1, 0.15) is 18.2 Å². The standard InChI is InChI=1S/C16H19N3O/c1-4-12(11-17)13-6-7-14-15(10-13)20-9-8-19(3)16(14)18-5-2/h4-7,10-11,17H,2,8-9H2,1,3H3/b12-4+,17-11?,18-16?. The maximum Gasteiger partial charge on any atom is 0.139 e. The van der Waals surface area contributed by atoms with E-state index in [1.807, 2.05) is 38.2 Å². The number of allylic oxidation sites excluding steroid dienone is 2. The Kier molecular flexibility index (Phi) is 4.35. The van der Waals surface area contributed by atoms with Crippen molar-refractivity contribution in [2.45, 2.75) is 6.92 Å². The van der Waals surface area contributed by atoms with E-state index in [2.05, 4.69) is 16.5 Å². The Bertz CT molecular complexity index is 587. The van der Waals surface area contributed by atoms with Gasteiger partial charge in [0.2, 0.25) is 0 Å². The predicted octanol–water partition coefficient (Wildman–Crippen LogP) is 2.95. The molecular formula is C16H19N3O. The van der Waals surface area contributed by atoms with Crippen molar-refractivity contribution in [3.05, 3.63) is 48.2 Å². The van der Waals surface area contributed by atoms with Crippen LogP contribution in [0.3, 0.4) is 0 Å².